The van der Waals surface area contributed by atoms with Gasteiger partial charge in [0, 0.05) is 31.1 Å². The number of hydrogen-bond acceptors (Lipinski definition) is 7. The molecule has 1 aromatic carbocycles. The first kappa shape index (κ1) is 26.0. The van der Waals surface area contributed by atoms with E-state index in [1.165, 1.54) is 4.90 Å². The Hall–Kier alpha value is -3.06. The van der Waals surface area contributed by atoms with Crippen molar-refractivity contribution in [1.29, 1.82) is 0 Å². The molecule has 2 aliphatic rings. The number of aliphatic hydroxyl groups excluding tert-OH is 1. The van der Waals surface area contributed by atoms with E-state index in [1.54, 1.807) is 4.90 Å². The van der Waals surface area contributed by atoms with Gasteiger partial charge in [-0.2, -0.15) is 17.6 Å². The van der Waals surface area contributed by atoms with E-state index >= 15 is 4.39 Å². The number of piperidine rings is 1. The van der Waals surface area contributed by atoms with E-state index in [1.807, 2.05) is 0 Å². The van der Waals surface area contributed by atoms with Crippen LogP contribution in [0.2, 0.25) is 0 Å². The first-order chi connectivity index (χ1) is 17.0. The second kappa shape index (κ2) is 10.5. The summed E-state index contributed by atoms with van der Waals surface area (Å²) in [5.74, 6) is -2.64. The monoisotopic (exact) mass is 514 g/mol. The maximum absolute atomic E-state index is 15.4. The van der Waals surface area contributed by atoms with Crippen molar-refractivity contribution in [3.8, 4) is 0 Å². The predicted molar refractivity (Wildman–Crippen MR) is 121 cm³/mol. The van der Waals surface area contributed by atoms with E-state index in [2.05, 4.69) is 15.3 Å². The molecule has 2 fully saturated rings. The minimum atomic E-state index is -4.67. The molecule has 3 atom stereocenters. The third-order valence-corrected chi connectivity index (χ3v) is 6.70. The van der Waals surface area contributed by atoms with Crippen molar-refractivity contribution in [2.45, 2.75) is 37.6 Å². The summed E-state index contributed by atoms with van der Waals surface area (Å²) in [6.45, 7) is 1.43. The van der Waals surface area contributed by atoms with Crippen LogP contribution in [-0.4, -0.2) is 64.7 Å². The van der Waals surface area contributed by atoms with E-state index in [-0.39, 0.29) is 42.8 Å². The average molecular weight is 514 g/mol. The van der Waals surface area contributed by atoms with E-state index in [9.17, 15) is 27.5 Å². The van der Waals surface area contributed by atoms with Gasteiger partial charge in [-0.05, 0) is 37.9 Å². The third kappa shape index (κ3) is 5.67. The standard InChI is InChI=1S/C23H27F5N6O2/c24-16-8-14(23(26,27)28)3-4-15(16)17-2-1-6-34(17)22-20(25)21(31-12-32-22)30-9-13-5-7-33(10-18(13)35)11-19(29)36/h3-4,8,12-13,17-18,35H,1-2,5-7,9-11H2,(H2,29,36)(H,30,31,32)/t13-,17+,18+/m0/s1. The molecule has 0 aliphatic carbocycles. The number of aliphatic hydroxyl groups is 1. The van der Waals surface area contributed by atoms with Gasteiger partial charge in [0.1, 0.15) is 12.1 Å². The average Bonchev–Trinajstić information content (AvgIpc) is 3.27. The van der Waals surface area contributed by atoms with Gasteiger partial charge in [-0.25, -0.2) is 14.4 Å². The number of rotatable bonds is 7. The fraction of sp³-hybridized carbons (Fsp3) is 0.522. The molecule has 2 saturated heterocycles. The highest BCUT2D eigenvalue weighted by Gasteiger charge is 2.35. The number of halogens is 5. The molecular formula is C23H27F5N6O2. The molecule has 2 aromatic rings. The number of carbonyl (C=O) groups excluding carboxylic acids is 1. The molecule has 4 N–H and O–H groups in total. The minimum absolute atomic E-state index is 0.0406. The lowest BCUT2D eigenvalue weighted by Crippen LogP contribution is -2.48. The maximum atomic E-state index is 15.4. The molecule has 3 heterocycles. The Bertz CT molecular complexity index is 1100. The number of nitrogens with zero attached hydrogens (tertiary/aromatic N) is 4. The molecule has 13 heteroatoms. The molecule has 2 aliphatic heterocycles. The number of alkyl halides is 3. The van der Waals surface area contributed by atoms with Crippen molar-refractivity contribution in [1.82, 2.24) is 14.9 Å². The fourth-order valence-electron chi connectivity index (χ4n) is 4.88. The molecule has 0 saturated carbocycles. The van der Waals surface area contributed by atoms with Crippen LogP contribution < -0.4 is 16.0 Å². The zero-order valence-corrected chi connectivity index (χ0v) is 19.3. The van der Waals surface area contributed by atoms with Gasteiger partial charge < -0.3 is 21.1 Å². The number of aromatic nitrogens is 2. The van der Waals surface area contributed by atoms with Gasteiger partial charge in [0.2, 0.25) is 11.7 Å². The first-order valence-electron chi connectivity index (χ1n) is 11.6. The molecule has 8 nitrogen and oxygen atoms in total. The minimum Gasteiger partial charge on any atom is -0.391 e. The topological polar surface area (TPSA) is 108 Å². The Morgan fingerprint density at radius 1 is 1.19 bits per heavy atom. The zero-order valence-electron chi connectivity index (χ0n) is 19.3. The number of anilines is 2. The van der Waals surface area contributed by atoms with Crippen LogP contribution in [0.15, 0.2) is 24.5 Å². The normalized spacial score (nSPS) is 23.2. The van der Waals surface area contributed by atoms with Crippen LogP contribution in [0.4, 0.5) is 33.6 Å². The van der Waals surface area contributed by atoms with Crippen molar-refractivity contribution in [2.75, 3.05) is 42.9 Å². The number of amides is 1. The molecule has 0 radical (unpaired) electrons. The summed E-state index contributed by atoms with van der Waals surface area (Å²) in [6.07, 6.45) is -2.70. The summed E-state index contributed by atoms with van der Waals surface area (Å²) in [5.41, 5.74) is 4.15. The SMILES string of the molecule is NC(=O)CN1CC[C@@H](CNc2ncnc(N3CCC[C@@H]3c3ccc(C(F)(F)F)cc3F)c2F)[C@H](O)C1. The Kier molecular flexibility index (Phi) is 7.59. The number of hydrogen-bond donors (Lipinski definition) is 3. The fourth-order valence-corrected chi connectivity index (χ4v) is 4.88. The summed E-state index contributed by atoms with van der Waals surface area (Å²) in [4.78, 5) is 22.4. The summed E-state index contributed by atoms with van der Waals surface area (Å²) >= 11 is 0. The van der Waals surface area contributed by atoms with E-state index in [0.717, 1.165) is 18.5 Å². The Balaban J connectivity index is 1.47. The van der Waals surface area contributed by atoms with Crippen molar-refractivity contribution < 1.29 is 31.9 Å². The number of β-amino-alcohol motifs (C(OH)–C–C–N with tert-alkyl or cyclic N) is 1. The van der Waals surface area contributed by atoms with Crippen LogP contribution in [0, 0.1) is 17.6 Å². The van der Waals surface area contributed by atoms with Crippen LogP contribution in [-0.2, 0) is 11.0 Å². The van der Waals surface area contributed by atoms with Crippen molar-refractivity contribution in [3.05, 3.63) is 47.3 Å². The highest BCUT2D eigenvalue weighted by molar-refractivity contribution is 5.75. The highest BCUT2D eigenvalue weighted by atomic mass is 19.4. The molecule has 4 rings (SSSR count). The summed E-state index contributed by atoms with van der Waals surface area (Å²) < 4.78 is 68.8. The zero-order chi connectivity index (χ0) is 26.0. The quantitative estimate of drug-likeness (QED) is 0.488. The Labute approximate surface area is 204 Å². The van der Waals surface area contributed by atoms with Crippen molar-refractivity contribution in [2.24, 2.45) is 11.7 Å². The van der Waals surface area contributed by atoms with Crippen LogP contribution in [0.25, 0.3) is 0 Å². The lowest BCUT2D eigenvalue weighted by Gasteiger charge is -2.35. The number of likely N-dealkylation sites (tertiary alicyclic amines) is 1. The van der Waals surface area contributed by atoms with E-state index in [0.29, 0.717) is 38.4 Å². The van der Waals surface area contributed by atoms with E-state index in [4.69, 9.17) is 5.73 Å². The largest absolute Gasteiger partial charge is 0.416 e. The van der Waals surface area contributed by atoms with Crippen LogP contribution in [0.3, 0.4) is 0 Å². The number of nitrogens with one attached hydrogen (secondary N) is 1. The lowest BCUT2D eigenvalue weighted by atomic mass is 9.93. The van der Waals surface area contributed by atoms with Gasteiger partial charge in [-0.15, -0.1) is 0 Å². The number of nitrogens with two attached hydrogens (primary N) is 1. The van der Waals surface area contributed by atoms with E-state index < -0.39 is 41.4 Å². The van der Waals surface area contributed by atoms with Gasteiger partial charge in [-0.1, -0.05) is 6.07 Å². The van der Waals surface area contributed by atoms with Crippen molar-refractivity contribution in [3.63, 3.8) is 0 Å². The molecule has 1 amide bonds. The summed E-state index contributed by atoms with van der Waals surface area (Å²) in [7, 11) is 0. The summed E-state index contributed by atoms with van der Waals surface area (Å²) in [6, 6.07) is 1.68. The molecule has 0 spiro atoms. The second-order valence-electron chi connectivity index (χ2n) is 9.14. The lowest BCUT2D eigenvalue weighted by molar-refractivity contribution is -0.137. The molecule has 0 unspecified atom stereocenters. The Morgan fingerprint density at radius 3 is 2.64 bits per heavy atom. The molecular weight excluding hydrogens is 487 g/mol. The highest BCUT2D eigenvalue weighted by Crippen LogP contribution is 2.39. The number of carbonyl (C=O) groups is 1. The first-order valence-corrected chi connectivity index (χ1v) is 11.6. The van der Waals surface area contributed by atoms with Crippen molar-refractivity contribution >= 4 is 17.5 Å². The smallest absolute Gasteiger partial charge is 0.391 e. The van der Waals surface area contributed by atoms with Gasteiger partial charge in [0.05, 0.1) is 24.3 Å². The molecule has 1 aromatic heterocycles. The van der Waals surface area contributed by atoms with Gasteiger partial charge >= 0.3 is 6.18 Å². The number of benzene rings is 1. The maximum Gasteiger partial charge on any atom is 0.416 e. The number of primary amides is 1. The Morgan fingerprint density at radius 2 is 1.97 bits per heavy atom. The molecule has 36 heavy (non-hydrogen) atoms. The van der Waals surface area contributed by atoms with Gasteiger partial charge in [-0.3, -0.25) is 9.69 Å². The third-order valence-electron chi connectivity index (χ3n) is 6.70. The summed E-state index contributed by atoms with van der Waals surface area (Å²) in [5, 5.41) is 13.3. The van der Waals surface area contributed by atoms with Crippen LogP contribution >= 0.6 is 0 Å². The van der Waals surface area contributed by atoms with Gasteiger partial charge in [0.25, 0.3) is 0 Å². The predicted octanol–water partition coefficient (Wildman–Crippen LogP) is 2.70. The van der Waals surface area contributed by atoms with Crippen LogP contribution in [0.1, 0.15) is 36.4 Å². The molecule has 196 valence electrons. The van der Waals surface area contributed by atoms with Crippen LogP contribution in [0.5, 0.6) is 0 Å². The van der Waals surface area contributed by atoms with Gasteiger partial charge in [0.15, 0.2) is 11.6 Å². The molecule has 0 bridgehead atoms. The second-order valence-corrected chi connectivity index (χ2v) is 9.14.